The van der Waals surface area contributed by atoms with Crippen molar-refractivity contribution in [3.8, 4) is 23.0 Å². The number of esters is 1. The molecule has 0 unspecified atom stereocenters. The van der Waals surface area contributed by atoms with Gasteiger partial charge >= 0.3 is 5.97 Å². The van der Waals surface area contributed by atoms with Crippen molar-refractivity contribution in [2.45, 2.75) is 13.8 Å². The first kappa shape index (κ1) is 21.9. The molecule has 1 aliphatic heterocycles. The fourth-order valence-corrected chi connectivity index (χ4v) is 3.17. The van der Waals surface area contributed by atoms with Gasteiger partial charge in [0, 0.05) is 5.56 Å². The number of nitrogens with one attached hydrogen (secondary N) is 1. The topological polar surface area (TPSA) is 95.5 Å². The summed E-state index contributed by atoms with van der Waals surface area (Å²) in [6, 6.07) is 17.4. The number of aryl methyl sites for hydroxylation is 2. The third kappa shape index (κ3) is 5.48. The zero-order valence-electron chi connectivity index (χ0n) is 18.2. The van der Waals surface area contributed by atoms with Crippen LogP contribution in [0.2, 0.25) is 0 Å². The lowest BCUT2D eigenvalue weighted by Crippen LogP contribution is -2.24. The highest BCUT2D eigenvalue weighted by Crippen LogP contribution is 2.33. The van der Waals surface area contributed by atoms with Crippen LogP contribution in [0.4, 0.5) is 0 Å². The molecule has 4 rings (SSSR count). The highest BCUT2D eigenvalue weighted by atomic mass is 16.7. The predicted octanol–water partition coefficient (Wildman–Crippen LogP) is 3.78. The van der Waals surface area contributed by atoms with Crippen molar-refractivity contribution in [2.75, 3.05) is 13.4 Å². The molecule has 8 heteroatoms. The first-order valence-corrected chi connectivity index (χ1v) is 10.2. The van der Waals surface area contributed by atoms with Gasteiger partial charge in [0.25, 0.3) is 5.91 Å². The van der Waals surface area contributed by atoms with E-state index in [2.05, 4.69) is 10.5 Å². The average Bonchev–Trinajstić information content (AvgIpc) is 3.27. The van der Waals surface area contributed by atoms with Crippen molar-refractivity contribution in [2.24, 2.45) is 5.10 Å². The van der Waals surface area contributed by atoms with Crippen molar-refractivity contribution in [1.82, 2.24) is 5.43 Å². The Kier molecular flexibility index (Phi) is 6.54. The van der Waals surface area contributed by atoms with E-state index >= 15 is 0 Å². The summed E-state index contributed by atoms with van der Waals surface area (Å²) < 4.78 is 21.6. The lowest BCUT2D eigenvalue weighted by atomic mass is 10.1. The van der Waals surface area contributed by atoms with Crippen LogP contribution >= 0.6 is 0 Å². The molecule has 1 aliphatic rings. The van der Waals surface area contributed by atoms with Crippen LogP contribution in [0.15, 0.2) is 65.8 Å². The van der Waals surface area contributed by atoms with E-state index in [1.54, 1.807) is 42.5 Å². The van der Waals surface area contributed by atoms with E-state index in [9.17, 15) is 9.59 Å². The summed E-state index contributed by atoms with van der Waals surface area (Å²) in [4.78, 5) is 24.6. The Labute approximate surface area is 190 Å². The normalized spacial score (nSPS) is 11.9. The fourth-order valence-electron chi connectivity index (χ4n) is 3.17. The summed E-state index contributed by atoms with van der Waals surface area (Å²) in [7, 11) is 0. The van der Waals surface area contributed by atoms with Gasteiger partial charge in [-0.05, 0) is 55.8 Å². The lowest BCUT2D eigenvalue weighted by molar-refractivity contribution is -0.123. The summed E-state index contributed by atoms with van der Waals surface area (Å²) in [6.07, 6.45) is 1.40. The van der Waals surface area contributed by atoms with Gasteiger partial charge in [0.15, 0.2) is 18.1 Å². The Balaban J connectivity index is 1.35. The molecule has 0 aliphatic carbocycles. The van der Waals surface area contributed by atoms with E-state index in [0.717, 1.165) is 11.1 Å². The van der Waals surface area contributed by atoms with Crippen LogP contribution in [0.3, 0.4) is 0 Å². The molecule has 0 saturated heterocycles. The number of hydrazone groups is 1. The van der Waals surface area contributed by atoms with Crippen LogP contribution in [0.1, 0.15) is 27.0 Å². The Bertz CT molecular complexity index is 1220. The summed E-state index contributed by atoms with van der Waals surface area (Å²) in [5.41, 5.74) is 5.31. The third-order valence-electron chi connectivity index (χ3n) is 4.81. The summed E-state index contributed by atoms with van der Waals surface area (Å²) in [5.74, 6) is 1.03. The molecular weight excluding hydrogens is 424 g/mol. The second-order valence-corrected chi connectivity index (χ2v) is 7.35. The van der Waals surface area contributed by atoms with Gasteiger partial charge in [-0.2, -0.15) is 5.10 Å². The van der Waals surface area contributed by atoms with Crippen LogP contribution in [-0.4, -0.2) is 31.5 Å². The Morgan fingerprint density at radius 1 is 1.00 bits per heavy atom. The van der Waals surface area contributed by atoms with E-state index < -0.39 is 11.9 Å². The Morgan fingerprint density at radius 2 is 1.82 bits per heavy atom. The number of carbonyl (C=O) groups excluding carboxylic acids is 2. The molecule has 1 heterocycles. The van der Waals surface area contributed by atoms with E-state index in [0.29, 0.717) is 34.1 Å². The molecule has 0 fully saturated rings. The SMILES string of the molecule is Cc1ccc(OCC(=O)NN=Cc2ccccc2OC(=O)c2ccc3c(c2)OCO3)c(C)c1. The van der Waals surface area contributed by atoms with Gasteiger partial charge < -0.3 is 18.9 Å². The molecule has 1 amide bonds. The third-order valence-corrected chi connectivity index (χ3v) is 4.81. The fraction of sp³-hybridized carbons (Fsp3) is 0.160. The van der Waals surface area contributed by atoms with Crippen LogP contribution in [0.5, 0.6) is 23.0 Å². The average molecular weight is 446 g/mol. The van der Waals surface area contributed by atoms with Gasteiger partial charge in [0.1, 0.15) is 11.5 Å². The number of nitrogens with zero attached hydrogens (tertiary/aromatic N) is 1. The minimum absolute atomic E-state index is 0.120. The van der Waals surface area contributed by atoms with E-state index in [4.69, 9.17) is 18.9 Å². The number of hydrogen-bond donors (Lipinski definition) is 1. The number of para-hydroxylation sites is 1. The number of amides is 1. The first-order chi connectivity index (χ1) is 16.0. The smallest absolute Gasteiger partial charge is 0.343 e. The zero-order valence-corrected chi connectivity index (χ0v) is 18.2. The molecule has 0 aromatic heterocycles. The van der Waals surface area contributed by atoms with Crippen LogP contribution in [-0.2, 0) is 4.79 Å². The molecule has 33 heavy (non-hydrogen) atoms. The van der Waals surface area contributed by atoms with Crippen LogP contribution < -0.4 is 24.4 Å². The zero-order chi connectivity index (χ0) is 23.2. The molecule has 8 nitrogen and oxygen atoms in total. The number of benzene rings is 3. The summed E-state index contributed by atoms with van der Waals surface area (Å²) in [5, 5.41) is 3.95. The minimum Gasteiger partial charge on any atom is -0.483 e. The number of ether oxygens (including phenoxy) is 4. The van der Waals surface area contributed by atoms with Crippen molar-refractivity contribution < 1.29 is 28.5 Å². The van der Waals surface area contributed by atoms with Gasteiger partial charge in [-0.15, -0.1) is 0 Å². The molecular formula is C25H22N2O6. The van der Waals surface area contributed by atoms with Crippen molar-refractivity contribution >= 4 is 18.1 Å². The summed E-state index contributed by atoms with van der Waals surface area (Å²) in [6.45, 7) is 3.85. The molecule has 0 bridgehead atoms. The van der Waals surface area contributed by atoms with E-state index in [-0.39, 0.29) is 13.4 Å². The molecule has 1 N–H and O–H groups in total. The largest absolute Gasteiger partial charge is 0.483 e. The van der Waals surface area contributed by atoms with Gasteiger partial charge in [-0.3, -0.25) is 4.79 Å². The maximum Gasteiger partial charge on any atom is 0.343 e. The van der Waals surface area contributed by atoms with Crippen molar-refractivity contribution in [3.63, 3.8) is 0 Å². The number of rotatable bonds is 7. The summed E-state index contributed by atoms with van der Waals surface area (Å²) >= 11 is 0. The Morgan fingerprint density at radius 3 is 2.67 bits per heavy atom. The minimum atomic E-state index is -0.556. The highest BCUT2D eigenvalue weighted by Gasteiger charge is 2.18. The molecule has 3 aromatic carbocycles. The lowest BCUT2D eigenvalue weighted by Gasteiger charge is -2.09. The molecule has 0 spiro atoms. The molecule has 0 saturated carbocycles. The number of fused-ring (bicyclic) bond motifs is 1. The van der Waals surface area contributed by atoms with Gasteiger partial charge in [0.2, 0.25) is 6.79 Å². The van der Waals surface area contributed by atoms with Crippen LogP contribution in [0.25, 0.3) is 0 Å². The second-order valence-electron chi connectivity index (χ2n) is 7.35. The maximum absolute atomic E-state index is 12.6. The molecule has 0 radical (unpaired) electrons. The van der Waals surface area contributed by atoms with Gasteiger partial charge in [-0.1, -0.05) is 29.8 Å². The highest BCUT2D eigenvalue weighted by molar-refractivity contribution is 5.94. The molecule has 168 valence electrons. The Hall–Kier alpha value is -4.33. The second kappa shape index (κ2) is 9.86. The molecule has 3 aromatic rings. The van der Waals surface area contributed by atoms with E-state index in [1.807, 2.05) is 32.0 Å². The quantitative estimate of drug-likeness (QED) is 0.257. The van der Waals surface area contributed by atoms with Gasteiger partial charge in [-0.25, -0.2) is 10.2 Å². The monoisotopic (exact) mass is 446 g/mol. The number of carbonyl (C=O) groups is 2. The van der Waals surface area contributed by atoms with Crippen LogP contribution in [0, 0.1) is 13.8 Å². The number of hydrogen-bond acceptors (Lipinski definition) is 7. The molecule has 0 atom stereocenters. The maximum atomic E-state index is 12.6. The van der Waals surface area contributed by atoms with Crippen molar-refractivity contribution in [1.29, 1.82) is 0 Å². The van der Waals surface area contributed by atoms with E-state index in [1.165, 1.54) is 6.21 Å². The van der Waals surface area contributed by atoms with Gasteiger partial charge in [0.05, 0.1) is 11.8 Å². The standard InChI is InChI=1S/C25H22N2O6/c1-16-7-9-20(17(2)11-16)30-14-24(28)27-26-13-19-5-3-4-6-21(19)33-25(29)18-8-10-22-23(12-18)32-15-31-22/h3-13H,14-15H2,1-2H3,(H,27,28). The first-order valence-electron chi connectivity index (χ1n) is 10.2. The van der Waals surface area contributed by atoms with Crippen molar-refractivity contribution in [3.05, 3.63) is 82.9 Å². The predicted molar refractivity (Wildman–Crippen MR) is 121 cm³/mol.